The third-order valence-corrected chi connectivity index (χ3v) is 5.44. The Morgan fingerprint density at radius 3 is 2.82 bits per heavy atom. The molecular weight excluding hydrogens is 343 g/mol. The Hall–Kier alpha value is -1.43. The number of hydrogen-bond donors (Lipinski definition) is 1. The number of benzene rings is 1. The van der Waals surface area contributed by atoms with Crippen LogP contribution in [-0.2, 0) is 11.3 Å². The highest BCUT2D eigenvalue weighted by atomic mass is 35.5. The molecule has 3 rings (SSSR count). The fourth-order valence-electron chi connectivity index (χ4n) is 2.14. The number of rotatable bonds is 4. The van der Waals surface area contributed by atoms with Crippen molar-refractivity contribution in [2.24, 2.45) is 0 Å². The van der Waals surface area contributed by atoms with Gasteiger partial charge in [0, 0.05) is 17.0 Å². The number of nitrogens with zero attached hydrogens (tertiary/aromatic N) is 1. The molecule has 1 atom stereocenters. The largest absolute Gasteiger partial charge is 0.364 e. The van der Waals surface area contributed by atoms with Crippen molar-refractivity contribution in [3.63, 3.8) is 0 Å². The molecule has 1 aromatic heterocycles. The Balaban J connectivity index is 1.64. The normalized spacial score (nSPS) is 17.8. The van der Waals surface area contributed by atoms with Gasteiger partial charge in [-0.25, -0.2) is 0 Å². The van der Waals surface area contributed by atoms with Crippen molar-refractivity contribution in [1.82, 2.24) is 10.5 Å². The van der Waals surface area contributed by atoms with Crippen LogP contribution in [0.2, 0.25) is 0 Å². The lowest BCUT2D eigenvalue weighted by molar-refractivity contribution is -0.120. The van der Waals surface area contributed by atoms with Crippen molar-refractivity contribution in [2.45, 2.75) is 18.2 Å². The lowest BCUT2D eigenvalue weighted by Gasteiger charge is -2.09. The van der Waals surface area contributed by atoms with Crippen LogP contribution < -0.4 is 5.32 Å². The Morgan fingerprint density at radius 2 is 2.14 bits per heavy atom. The minimum atomic E-state index is -0.285. The van der Waals surface area contributed by atoms with Crippen LogP contribution in [0.25, 0.3) is 11.1 Å². The molecule has 2 heterocycles. The molecule has 114 valence electrons. The van der Waals surface area contributed by atoms with E-state index in [0.717, 1.165) is 11.1 Å². The van der Waals surface area contributed by atoms with Crippen molar-refractivity contribution in [3.05, 3.63) is 51.7 Å². The van der Waals surface area contributed by atoms with E-state index in [0.29, 0.717) is 28.1 Å². The molecule has 0 bridgehead atoms. The van der Waals surface area contributed by atoms with Gasteiger partial charge in [0.2, 0.25) is 5.91 Å². The van der Waals surface area contributed by atoms with E-state index >= 15 is 0 Å². The number of amides is 1. The zero-order valence-corrected chi connectivity index (χ0v) is 13.7. The molecule has 1 N–H and O–H groups in total. The van der Waals surface area contributed by atoms with Gasteiger partial charge in [0.15, 0.2) is 0 Å². The van der Waals surface area contributed by atoms with Crippen LogP contribution in [0.3, 0.4) is 0 Å². The lowest BCUT2D eigenvalue weighted by Crippen LogP contribution is -2.31. The maximum absolute atomic E-state index is 12.1. The Morgan fingerprint density at radius 1 is 1.36 bits per heavy atom. The third-order valence-electron chi connectivity index (χ3n) is 3.28. The number of thioether (sulfide) groups is 1. The summed E-state index contributed by atoms with van der Waals surface area (Å²) in [7, 11) is 0. The molecule has 22 heavy (non-hydrogen) atoms. The van der Waals surface area contributed by atoms with Crippen LogP contribution in [0.4, 0.5) is 0 Å². The van der Waals surface area contributed by atoms with Crippen LogP contribution in [0.15, 0.2) is 50.5 Å². The molecule has 1 aliphatic heterocycles. The van der Waals surface area contributed by atoms with Crippen molar-refractivity contribution in [1.29, 1.82) is 0 Å². The van der Waals surface area contributed by atoms with Crippen LogP contribution in [0.1, 0.15) is 12.1 Å². The molecule has 1 amide bonds. The number of nitrogens with one attached hydrogen (secondary N) is 1. The molecule has 1 aromatic carbocycles. The summed E-state index contributed by atoms with van der Waals surface area (Å²) < 4.78 is 5.53. The van der Waals surface area contributed by atoms with Gasteiger partial charge in [0.1, 0.15) is 12.0 Å². The molecule has 4 nitrogen and oxygen atoms in total. The van der Waals surface area contributed by atoms with E-state index in [2.05, 4.69) is 10.5 Å². The van der Waals surface area contributed by atoms with Crippen molar-refractivity contribution >= 4 is 40.9 Å². The Kier molecular flexibility index (Phi) is 4.76. The number of allylic oxidation sites excluding steroid dienone is 1. The second kappa shape index (κ2) is 6.77. The summed E-state index contributed by atoms with van der Waals surface area (Å²) in [6, 6.07) is 9.75. The summed E-state index contributed by atoms with van der Waals surface area (Å²) in [6.07, 6.45) is 2.04. The minimum absolute atomic E-state index is 0.110. The fourth-order valence-corrected chi connectivity index (χ4v) is 3.82. The summed E-state index contributed by atoms with van der Waals surface area (Å²) in [6.45, 7) is 0.297. The molecule has 0 spiro atoms. The smallest absolute Gasteiger partial charge is 0.234 e. The number of hydrogen-bond acceptors (Lipinski definition) is 4. The fraction of sp³-hybridized carbons (Fsp3) is 0.200. The first-order chi connectivity index (χ1) is 10.6. The molecule has 1 aliphatic rings. The van der Waals surface area contributed by atoms with Crippen molar-refractivity contribution in [3.8, 4) is 11.1 Å². The maximum atomic E-state index is 12.1. The average Bonchev–Trinajstić information content (AvgIpc) is 3.13. The minimum Gasteiger partial charge on any atom is -0.364 e. The Bertz CT molecular complexity index is 701. The summed E-state index contributed by atoms with van der Waals surface area (Å²) in [4.78, 5) is 12.1. The molecule has 0 aliphatic carbocycles. The van der Waals surface area contributed by atoms with Gasteiger partial charge in [-0.15, -0.1) is 0 Å². The lowest BCUT2D eigenvalue weighted by atomic mass is 10.1. The van der Waals surface area contributed by atoms with Crippen LogP contribution in [0, 0.1) is 0 Å². The highest BCUT2D eigenvalue weighted by Gasteiger charge is 2.29. The molecule has 0 saturated heterocycles. The zero-order chi connectivity index (χ0) is 15.5. The monoisotopic (exact) mass is 354 g/mol. The second-order valence-corrected chi connectivity index (χ2v) is 7.02. The molecule has 0 fully saturated rings. The van der Waals surface area contributed by atoms with Crippen molar-refractivity contribution in [2.75, 3.05) is 0 Å². The van der Waals surface area contributed by atoms with Gasteiger partial charge in [-0.3, -0.25) is 4.79 Å². The van der Waals surface area contributed by atoms with Crippen molar-refractivity contribution < 1.29 is 9.32 Å². The second-order valence-electron chi connectivity index (χ2n) is 4.75. The van der Waals surface area contributed by atoms with E-state index in [9.17, 15) is 4.79 Å². The van der Waals surface area contributed by atoms with Gasteiger partial charge in [-0.1, -0.05) is 70.5 Å². The van der Waals surface area contributed by atoms with E-state index in [1.165, 1.54) is 11.8 Å². The molecular formula is C15H12Cl2N2O2S. The Labute approximate surface area is 141 Å². The van der Waals surface area contributed by atoms with E-state index in [1.807, 2.05) is 30.3 Å². The quantitative estimate of drug-likeness (QED) is 0.897. The van der Waals surface area contributed by atoms with Gasteiger partial charge in [0.25, 0.3) is 0 Å². The predicted octanol–water partition coefficient (Wildman–Crippen LogP) is 4.11. The third kappa shape index (κ3) is 3.32. The number of carbonyl (C=O) groups excluding carboxylic acids is 1. The van der Waals surface area contributed by atoms with Gasteiger partial charge < -0.3 is 9.84 Å². The van der Waals surface area contributed by atoms with E-state index in [1.54, 1.807) is 6.26 Å². The first-order valence-electron chi connectivity index (χ1n) is 6.62. The topological polar surface area (TPSA) is 55.1 Å². The summed E-state index contributed by atoms with van der Waals surface area (Å²) in [5.74, 6) is -0.110. The SMILES string of the molecule is O=C(NCc1nocc1-c1ccccc1)C1CC(Cl)=C(Cl)S1. The van der Waals surface area contributed by atoms with Gasteiger partial charge in [-0.2, -0.15) is 0 Å². The summed E-state index contributed by atoms with van der Waals surface area (Å²) in [5, 5.41) is 7.07. The number of aromatic nitrogens is 1. The summed E-state index contributed by atoms with van der Waals surface area (Å²) in [5.41, 5.74) is 2.55. The predicted molar refractivity (Wildman–Crippen MR) is 88.5 cm³/mol. The highest BCUT2D eigenvalue weighted by molar-refractivity contribution is 8.06. The molecule has 0 saturated carbocycles. The molecule has 1 unspecified atom stereocenters. The summed E-state index contributed by atoms with van der Waals surface area (Å²) >= 11 is 13.1. The first-order valence-corrected chi connectivity index (χ1v) is 8.26. The van der Waals surface area contributed by atoms with Gasteiger partial charge in [0.05, 0.1) is 16.2 Å². The molecule has 7 heteroatoms. The zero-order valence-electron chi connectivity index (χ0n) is 11.4. The number of carbonyl (C=O) groups is 1. The van der Waals surface area contributed by atoms with Gasteiger partial charge in [-0.05, 0) is 5.56 Å². The molecule has 0 radical (unpaired) electrons. The standard InChI is InChI=1S/C15H12Cl2N2O2S/c16-11-6-13(22-14(11)17)15(20)18-7-12-10(8-21-19-12)9-4-2-1-3-5-9/h1-5,8,13H,6-7H2,(H,18,20). The molecule has 2 aromatic rings. The van der Waals surface area contributed by atoms with Crippen LogP contribution >= 0.6 is 35.0 Å². The van der Waals surface area contributed by atoms with E-state index in [-0.39, 0.29) is 11.2 Å². The highest BCUT2D eigenvalue weighted by Crippen LogP contribution is 2.41. The van der Waals surface area contributed by atoms with E-state index < -0.39 is 0 Å². The van der Waals surface area contributed by atoms with Gasteiger partial charge >= 0.3 is 0 Å². The van der Waals surface area contributed by atoms with Crippen LogP contribution in [-0.4, -0.2) is 16.3 Å². The maximum Gasteiger partial charge on any atom is 0.234 e. The van der Waals surface area contributed by atoms with Crippen LogP contribution in [0.5, 0.6) is 0 Å². The first kappa shape index (κ1) is 15.5. The number of halogens is 2. The average molecular weight is 355 g/mol. The van der Waals surface area contributed by atoms with E-state index in [4.69, 9.17) is 27.7 Å².